The van der Waals surface area contributed by atoms with Crippen molar-refractivity contribution in [2.24, 2.45) is 0 Å². The molecule has 0 atom stereocenters. The van der Waals surface area contributed by atoms with Crippen molar-refractivity contribution in [1.29, 1.82) is 0 Å². The fourth-order valence-corrected chi connectivity index (χ4v) is 1.60. The number of carbonyl (C=O) groups is 1. The van der Waals surface area contributed by atoms with Crippen LogP contribution >= 0.6 is 0 Å². The van der Waals surface area contributed by atoms with Gasteiger partial charge in [-0.3, -0.25) is 0 Å². The van der Waals surface area contributed by atoms with Gasteiger partial charge in [0, 0.05) is 6.07 Å². The summed E-state index contributed by atoms with van der Waals surface area (Å²) in [6.45, 7) is 0.0167. The predicted molar refractivity (Wildman–Crippen MR) is 72.0 cm³/mol. The van der Waals surface area contributed by atoms with Gasteiger partial charge in [-0.15, -0.1) is 6.42 Å². The molecule has 3 nitrogen and oxygen atoms in total. The topological polar surface area (TPSA) is 35.5 Å². The monoisotopic (exact) mass is 324 g/mol. The minimum absolute atomic E-state index is 0.0135. The molecule has 7 heteroatoms. The molecule has 0 amide bonds. The summed E-state index contributed by atoms with van der Waals surface area (Å²) >= 11 is 0. The Morgan fingerprint density at radius 2 is 1.61 bits per heavy atom. The van der Waals surface area contributed by atoms with E-state index in [0.29, 0.717) is 5.75 Å². The van der Waals surface area contributed by atoms with Crippen LogP contribution in [0.4, 0.5) is 17.6 Å². The summed E-state index contributed by atoms with van der Waals surface area (Å²) in [5.74, 6) is -7.00. The van der Waals surface area contributed by atoms with E-state index in [2.05, 4.69) is 10.7 Å². The highest BCUT2D eigenvalue weighted by atomic mass is 19.2. The van der Waals surface area contributed by atoms with E-state index in [1.807, 2.05) is 0 Å². The van der Waals surface area contributed by atoms with E-state index in [1.165, 1.54) is 24.3 Å². The minimum Gasteiger partial charge on any atom is -0.481 e. The van der Waals surface area contributed by atoms with E-state index in [9.17, 15) is 22.4 Å². The van der Waals surface area contributed by atoms with E-state index in [1.54, 1.807) is 0 Å². The molecule has 0 aliphatic heterocycles. The first kappa shape index (κ1) is 16.4. The third-order valence-corrected chi connectivity index (χ3v) is 2.68. The quantitative estimate of drug-likeness (QED) is 0.284. The highest BCUT2D eigenvalue weighted by molar-refractivity contribution is 5.91. The zero-order chi connectivity index (χ0) is 17.0. The maximum Gasteiger partial charge on any atom is 0.343 e. The fourth-order valence-electron chi connectivity index (χ4n) is 1.60. The van der Waals surface area contributed by atoms with Gasteiger partial charge in [0.1, 0.15) is 12.4 Å². The van der Waals surface area contributed by atoms with Crippen LogP contribution < -0.4 is 9.47 Å². The van der Waals surface area contributed by atoms with Crippen LogP contribution in [0.5, 0.6) is 11.5 Å². The standard InChI is InChI=1S/C16H8F4O3/c1-2-7-22-10-5-3-9(4-6-10)16(21)23-15-13(19)11(17)8-12(18)14(15)20/h1,3-6,8H,7H2. The van der Waals surface area contributed by atoms with Crippen LogP contribution in [0.25, 0.3) is 0 Å². The Kier molecular flexibility index (Phi) is 4.86. The predicted octanol–water partition coefficient (Wildman–Crippen LogP) is 3.47. The maximum atomic E-state index is 13.4. The molecule has 0 saturated carbocycles. The molecule has 0 unspecified atom stereocenters. The van der Waals surface area contributed by atoms with Gasteiger partial charge in [0.05, 0.1) is 5.56 Å². The van der Waals surface area contributed by atoms with Crippen molar-refractivity contribution < 1.29 is 31.8 Å². The van der Waals surface area contributed by atoms with Gasteiger partial charge in [0.25, 0.3) is 0 Å². The Hall–Kier alpha value is -3.01. The van der Waals surface area contributed by atoms with Crippen molar-refractivity contribution in [3.8, 4) is 23.8 Å². The van der Waals surface area contributed by atoms with E-state index in [0.717, 1.165) is 0 Å². The summed E-state index contributed by atoms with van der Waals surface area (Å²) < 4.78 is 62.4. The summed E-state index contributed by atoms with van der Waals surface area (Å²) in [5, 5.41) is 0. The molecule has 0 aliphatic rings. The van der Waals surface area contributed by atoms with Gasteiger partial charge in [-0.25, -0.2) is 13.6 Å². The largest absolute Gasteiger partial charge is 0.481 e. The number of ether oxygens (including phenoxy) is 2. The third kappa shape index (κ3) is 3.61. The number of rotatable bonds is 4. The van der Waals surface area contributed by atoms with Crippen molar-refractivity contribution in [1.82, 2.24) is 0 Å². The number of carbonyl (C=O) groups excluding carboxylic acids is 1. The smallest absolute Gasteiger partial charge is 0.343 e. The second-order valence-corrected chi connectivity index (χ2v) is 4.20. The Bertz CT molecular complexity index is 753. The van der Waals surface area contributed by atoms with E-state index < -0.39 is 35.0 Å². The fraction of sp³-hybridized carbons (Fsp3) is 0.0625. The van der Waals surface area contributed by atoms with Crippen molar-refractivity contribution >= 4 is 5.97 Å². The van der Waals surface area contributed by atoms with Crippen LogP contribution in [0.2, 0.25) is 0 Å². The number of hydrogen-bond acceptors (Lipinski definition) is 3. The normalized spacial score (nSPS) is 10.0. The van der Waals surface area contributed by atoms with Gasteiger partial charge in [-0.1, -0.05) is 5.92 Å². The molecule has 23 heavy (non-hydrogen) atoms. The molecule has 0 aliphatic carbocycles. The SMILES string of the molecule is C#CCOc1ccc(C(=O)Oc2c(F)c(F)cc(F)c2F)cc1. The molecule has 0 heterocycles. The molecule has 0 saturated heterocycles. The van der Waals surface area contributed by atoms with Gasteiger partial charge in [0.15, 0.2) is 11.6 Å². The molecule has 2 aromatic carbocycles. The maximum absolute atomic E-state index is 13.4. The van der Waals surface area contributed by atoms with Crippen molar-refractivity contribution in [2.45, 2.75) is 0 Å². The lowest BCUT2D eigenvalue weighted by molar-refractivity contribution is 0.0717. The molecule has 118 valence electrons. The first-order valence-corrected chi connectivity index (χ1v) is 6.15. The summed E-state index contributed by atoms with van der Waals surface area (Å²) in [7, 11) is 0. The lowest BCUT2D eigenvalue weighted by Crippen LogP contribution is -2.12. The molecule has 2 rings (SSSR count). The summed E-state index contributed by atoms with van der Waals surface area (Å²) in [6.07, 6.45) is 5.01. The summed E-state index contributed by atoms with van der Waals surface area (Å²) in [6, 6.07) is 5.22. The molecule has 0 aromatic heterocycles. The van der Waals surface area contributed by atoms with E-state index in [4.69, 9.17) is 11.2 Å². The average molecular weight is 324 g/mol. The second kappa shape index (κ2) is 6.83. The van der Waals surface area contributed by atoms with Crippen molar-refractivity contribution in [2.75, 3.05) is 6.61 Å². The van der Waals surface area contributed by atoms with Crippen LogP contribution in [0.15, 0.2) is 30.3 Å². The zero-order valence-electron chi connectivity index (χ0n) is 11.4. The molecular weight excluding hydrogens is 316 g/mol. The molecule has 0 spiro atoms. The van der Waals surface area contributed by atoms with Gasteiger partial charge >= 0.3 is 5.97 Å². The Labute approximate surface area is 128 Å². The Balaban J connectivity index is 2.21. The third-order valence-electron chi connectivity index (χ3n) is 2.68. The van der Waals surface area contributed by atoms with Crippen molar-refractivity contribution in [3.05, 3.63) is 59.2 Å². The first-order valence-electron chi connectivity index (χ1n) is 6.15. The van der Waals surface area contributed by atoms with Gasteiger partial charge in [-0.2, -0.15) is 8.78 Å². The number of terminal acetylenes is 1. The molecule has 0 N–H and O–H groups in total. The average Bonchev–Trinajstić information content (AvgIpc) is 2.55. The molecule has 2 aromatic rings. The number of esters is 1. The number of halogens is 4. The Morgan fingerprint density at radius 3 is 2.13 bits per heavy atom. The number of hydrogen-bond donors (Lipinski definition) is 0. The lowest BCUT2D eigenvalue weighted by Gasteiger charge is -2.08. The Morgan fingerprint density at radius 1 is 1.04 bits per heavy atom. The highest BCUT2D eigenvalue weighted by Crippen LogP contribution is 2.27. The van der Waals surface area contributed by atoms with E-state index >= 15 is 0 Å². The van der Waals surface area contributed by atoms with Crippen LogP contribution in [-0.2, 0) is 0 Å². The minimum atomic E-state index is -1.80. The van der Waals surface area contributed by atoms with Crippen LogP contribution in [-0.4, -0.2) is 12.6 Å². The lowest BCUT2D eigenvalue weighted by atomic mass is 10.2. The van der Waals surface area contributed by atoms with Gasteiger partial charge in [0.2, 0.25) is 17.4 Å². The molecule has 0 radical (unpaired) electrons. The summed E-state index contributed by atoms with van der Waals surface area (Å²) in [4.78, 5) is 11.8. The molecule has 0 fully saturated rings. The zero-order valence-corrected chi connectivity index (χ0v) is 11.4. The van der Waals surface area contributed by atoms with Crippen LogP contribution in [0.1, 0.15) is 10.4 Å². The van der Waals surface area contributed by atoms with Gasteiger partial charge < -0.3 is 9.47 Å². The molecule has 0 bridgehead atoms. The van der Waals surface area contributed by atoms with Gasteiger partial charge in [-0.05, 0) is 24.3 Å². The highest BCUT2D eigenvalue weighted by Gasteiger charge is 2.23. The van der Waals surface area contributed by atoms with Crippen LogP contribution in [0.3, 0.4) is 0 Å². The number of benzene rings is 2. The second-order valence-electron chi connectivity index (χ2n) is 4.20. The molecular formula is C16H8F4O3. The van der Waals surface area contributed by atoms with Crippen molar-refractivity contribution in [3.63, 3.8) is 0 Å². The van der Waals surface area contributed by atoms with E-state index in [-0.39, 0.29) is 18.2 Å². The first-order chi connectivity index (χ1) is 10.9. The summed E-state index contributed by atoms with van der Waals surface area (Å²) in [5.41, 5.74) is -0.110. The van der Waals surface area contributed by atoms with Crippen LogP contribution in [0, 0.1) is 35.6 Å².